The number of anilines is 2. The molecule has 0 saturated carbocycles. The summed E-state index contributed by atoms with van der Waals surface area (Å²) < 4.78 is 25.3. The van der Waals surface area contributed by atoms with Gasteiger partial charge in [0.05, 0.1) is 6.26 Å². The molecule has 0 fully saturated rings. The van der Waals surface area contributed by atoms with E-state index in [0.29, 0.717) is 18.2 Å². The van der Waals surface area contributed by atoms with Crippen molar-refractivity contribution >= 4 is 21.7 Å². The Labute approximate surface area is 127 Å². The number of nitrogens with zero attached hydrogens (tertiary/aromatic N) is 2. The second-order valence-electron chi connectivity index (χ2n) is 5.74. The van der Waals surface area contributed by atoms with Gasteiger partial charge < -0.3 is 10.6 Å². The van der Waals surface area contributed by atoms with Gasteiger partial charge in [-0.15, -0.1) is 0 Å². The van der Waals surface area contributed by atoms with E-state index in [1.807, 2.05) is 34.6 Å². The minimum atomic E-state index is -3.26. The van der Waals surface area contributed by atoms with E-state index in [2.05, 4.69) is 25.3 Å². The van der Waals surface area contributed by atoms with Crippen molar-refractivity contribution in [2.24, 2.45) is 0 Å². The zero-order valence-corrected chi connectivity index (χ0v) is 14.3. The first kappa shape index (κ1) is 17.6. The van der Waals surface area contributed by atoms with Crippen molar-refractivity contribution in [2.45, 2.75) is 40.2 Å². The molecule has 1 heterocycles. The van der Waals surface area contributed by atoms with Crippen LogP contribution in [-0.4, -0.2) is 43.3 Å². The van der Waals surface area contributed by atoms with Crippen LogP contribution in [0.5, 0.6) is 0 Å². The topological polar surface area (TPSA) is 96.0 Å². The fourth-order valence-corrected chi connectivity index (χ4v) is 3.06. The van der Waals surface area contributed by atoms with Crippen LogP contribution >= 0.6 is 0 Å². The molecule has 0 bridgehead atoms. The van der Waals surface area contributed by atoms with Gasteiger partial charge in [-0.2, -0.15) is 0 Å². The van der Waals surface area contributed by atoms with Crippen molar-refractivity contribution in [3.05, 3.63) is 11.4 Å². The van der Waals surface area contributed by atoms with Crippen molar-refractivity contribution in [3.8, 4) is 0 Å². The molecule has 0 amide bonds. The maximum absolute atomic E-state index is 11.3. The Balaban J connectivity index is 2.89. The van der Waals surface area contributed by atoms with Gasteiger partial charge in [-0.25, -0.2) is 23.1 Å². The third-order valence-electron chi connectivity index (χ3n) is 2.76. The number of sulfonamides is 1. The molecule has 8 heteroatoms. The number of aromatic nitrogens is 2. The van der Waals surface area contributed by atoms with Crippen molar-refractivity contribution in [1.82, 2.24) is 14.7 Å². The van der Waals surface area contributed by atoms with Gasteiger partial charge in [0.25, 0.3) is 0 Å². The molecule has 0 unspecified atom stereocenters. The van der Waals surface area contributed by atoms with Gasteiger partial charge in [0.15, 0.2) is 0 Å². The minimum Gasteiger partial charge on any atom is -0.370 e. The molecule has 1 aromatic heterocycles. The Hall–Kier alpha value is -1.41. The maximum Gasteiger partial charge on any atom is 0.209 e. The maximum atomic E-state index is 11.3. The van der Waals surface area contributed by atoms with Crippen LogP contribution in [0.4, 0.5) is 11.6 Å². The normalized spacial score (nSPS) is 12.3. The number of hydrogen-bond acceptors (Lipinski definition) is 6. The predicted octanol–water partition coefficient (Wildman–Crippen LogP) is 1.26. The van der Waals surface area contributed by atoms with E-state index in [1.54, 1.807) is 0 Å². The molecule has 1 rings (SSSR count). The largest absolute Gasteiger partial charge is 0.370 e. The van der Waals surface area contributed by atoms with Crippen LogP contribution in [0.1, 0.15) is 32.2 Å². The molecule has 120 valence electrons. The van der Waals surface area contributed by atoms with Gasteiger partial charge in [0, 0.05) is 24.2 Å². The lowest BCUT2D eigenvalue weighted by Crippen LogP contribution is -2.47. The van der Waals surface area contributed by atoms with Crippen LogP contribution in [0.2, 0.25) is 0 Å². The highest BCUT2D eigenvalue weighted by molar-refractivity contribution is 7.88. The molecule has 0 aliphatic rings. The first-order chi connectivity index (χ1) is 9.54. The Morgan fingerprint density at radius 1 is 1.10 bits per heavy atom. The number of nitrogens with one attached hydrogen (secondary N) is 3. The number of aryl methyl sites for hydroxylation is 1. The van der Waals surface area contributed by atoms with Crippen molar-refractivity contribution in [1.29, 1.82) is 0 Å². The third-order valence-corrected chi connectivity index (χ3v) is 3.68. The van der Waals surface area contributed by atoms with E-state index in [4.69, 9.17) is 0 Å². The Bertz CT molecular complexity index is 599. The molecule has 0 aromatic carbocycles. The van der Waals surface area contributed by atoms with Crippen molar-refractivity contribution < 1.29 is 8.42 Å². The summed E-state index contributed by atoms with van der Waals surface area (Å²) in [5.41, 5.74) is 0.301. The average molecular weight is 315 g/mol. The molecule has 3 N–H and O–H groups in total. The molecule has 0 radical (unpaired) electrons. The van der Waals surface area contributed by atoms with Gasteiger partial charge in [0.1, 0.15) is 17.5 Å². The fraction of sp³-hybridized carbons (Fsp3) is 0.692. The van der Waals surface area contributed by atoms with Crippen LogP contribution in [0.3, 0.4) is 0 Å². The summed E-state index contributed by atoms with van der Waals surface area (Å²) in [7, 11) is -3.26. The Morgan fingerprint density at radius 3 is 2.10 bits per heavy atom. The second-order valence-corrected chi connectivity index (χ2v) is 7.48. The summed E-state index contributed by atoms with van der Waals surface area (Å²) in [6.07, 6.45) is 1.15. The summed E-state index contributed by atoms with van der Waals surface area (Å²) in [5, 5.41) is 6.39. The summed E-state index contributed by atoms with van der Waals surface area (Å²) in [6, 6.07) is 0. The van der Waals surface area contributed by atoms with E-state index in [-0.39, 0.29) is 0 Å². The number of rotatable bonds is 7. The van der Waals surface area contributed by atoms with Crippen LogP contribution in [0, 0.1) is 13.8 Å². The van der Waals surface area contributed by atoms with Crippen LogP contribution in [0.15, 0.2) is 0 Å². The first-order valence-corrected chi connectivity index (χ1v) is 8.75. The quantitative estimate of drug-likeness (QED) is 0.701. The highest BCUT2D eigenvalue weighted by Crippen LogP contribution is 2.20. The minimum absolute atomic E-state index is 0.420. The van der Waals surface area contributed by atoms with Crippen LogP contribution in [-0.2, 0) is 10.0 Å². The summed E-state index contributed by atoms with van der Waals surface area (Å²) >= 11 is 0. The van der Waals surface area contributed by atoms with E-state index in [1.165, 1.54) is 0 Å². The lowest BCUT2D eigenvalue weighted by molar-refractivity contribution is 0.475. The van der Waals surface area contributed by atoms with E-state index >= 15 is 0 Å². The summed E-state index contributed by atoms with van der Waals surface area (Å²) in [6.45, 7) is 10.6. The summed E-state index contributed by atoms with van der Waals surface area (Å²) in [5.74, 6) is 2.16. The molecule has 0 aliphatic carbocycles. The van der Waals surface area contributed by atoms with E-state index in [0.717, 1.165) is 24.2 Å². The van der Waals surface area contributed by atoms with E-state index < -0.39 is 15.6 Å². The molecular weight excluding hydrogens is 290 g/mol. The highest BCUT2D eigenvalue weighted by Gasteiger charge is 2.22. The molecular formula is C13H25N5O2S. The zero-order chi connectivity index (χ0) is 16.3. The highest BCUT2D eigenvalue weighted by atomic mass is 32.2. The molecule has 21 heavy (non-hydrogen) atoms. The fourth-order valence-electron chi connectivity index (χ4n) is 1.98. The molecule has 0 atom stereocenters. The SMILES string of the molecule is CCNc1nc(C)nc(NCC(C)(C)NS(C)(=O)=O)c1C. The standard InChI is InChI=1S/C13H25N5O2S/c1-7-14-11-9(2)12(17-10(3)16-11)15-8-13(4,5)18-21(6,19)20/h18H,7-8H2,1-6H3,(H2,14,15,16,17). The summed E-state index contributed by atoms with van der Waals surface area (Å²) in [4.78, 5) is 8.73. The smallest absolute Gasteiger partial charge is 0.209 e. The predicted molar refractivity (Wildman–Crippen MR) is 86.2 cm³/mol. The van der Waals surface area contributed by atoms with Crippen molar-refractivity contribution in [2.75, 3.05) is 30.0 Å². The molecule has 0 spiro atoms. The lowest BCUT2D eigenvalue weighted by atomic mass is 10.1. The Kier molecular flexibility index (Phi) is 5.52. The molecule has 7 nitrogen and oxygen atoms in total. The van der Waals surface area contributed by atoms with Gasteiger partial charge in [-0.1, -0.05) is 0 Å². The zero-order valence-electron chi connectivity index (χ0n) is 13.5. The monoisotopic (exact) mass is 315 g/mol. The lowest BCUT2D eigenvalue weighted by Gasteiger charge is -2.26. The average Bonchev–Trinajstić information content (AvgIpc) is 2.29. The molecule has 0 aliphatic heterocycles. The van der Waals surface area contributed by atoms with Gasteiger partial charge in [0.2, 0.25) is 10.0 Å². The second kappa shape index (κ2) is 6.57. The first-order valence-electron chi connectivity index (χ1n) is 6.86. The van der Waals surface area contributed by atoms with Gasteiger partial charge in [-0.05, 0) is 34.6 Å². The van der Waals surface area contributed by atoms with Crippen LogP contribution < -0.4 is 15.4 Å². The molecule has 0 saturated heterocycles. The van der Waals surface area contributed by atoms with Crippen molar-refractivity contribution in [3.63, 3.8) is 0 Å². The van der Waals surface area contributed by atoms with E-state index in [9.17, 15) is 8.42 Å². The van der Waals surface area contributed by atoms with Gasteiger partial charge >= 0.3 is 0 Å². The molecule has 1 aromatic rings. The Morgan fingerprint density at radius 2 is 1.62 bits per heavy atom. The van der Waals surface area contributed by atoms with Crippen LogP contribution in [0.25, 0.3) is 0 Å². The number of hydrogen-bond donors (Lipinski definition) is 3. The third kappa shape index (κ3) is 5.84. The van der Waals surface area contributed by atoms with Gasteiger partial charge in [-0.3, -0.25) is 0 Å².